The van der Waals surface area contributed by atoms with E-state index in [1.165, 1.54) is 0 Å². The zero-order valence-corrected chi connectivity index (χ0v) is 9.90. The highest BCUT2D eigenvalue weighted by atomic mass is 35.5. The molecule has 2 rings (SSSR count). The monoisotopic (exact) mass is 237 g/mol. The van der Waals surface area contributed by atoms with Gasteiger partial charge in [-0.25, -0.2) is 0 Å². The molecule has 5 heteroatoms. The van der Waals surface area contributed by atoms with Gasteiger partial charge in [0.25, 0.3) is 0 Å². The molecule has 1 heterocycles. The quantitative estimate of drug-likeness (QED) is 0.824. The molecule has 4 nitrogen and oxygen atoms in total. The molecule has 0 atom stereocenters. The highest BCUT2D eigenvalue weighted by Gasteiger charge is 2.10. The number of halogens is 1. The van der Waals surface area contributed by atoms with Gasteiger partial charge in [-0.2, -0.15) is 0 Å². The van der Waals surface area contributed by atoms with E-state index >= 15 is 0 Å². The molecule has 0 unspecified atom stereocenters. The molecule has 0 N–H and O–H groups in total. The molecule has 0 amide bonds. The first-order chi connectivity index (χ1) is 7.76. The summed E-state index contributed by atoms with van der Waals surface area (Å²) >= 11 is 5.99. The summed E-state index contributed by atoms with van der Waals surface area (Å²) in [7, 11) is 1.64. The minimum atomic E-state index is 0.377. The van der Waals surface area contributed by atoms with Crippen molar-refractivity contribution < 1.29 is 4.74 Å². The van der Waals surface area contributed by atoms with Crippen molar-refractivity contribution in [3.63, 3.8) is 0 Å². The second-order valence-corrected chi connectivity index (χ2v) is 3.61. The van der Waals surface area contributed by atoms with Crippen LogP contribution in [0.1, 0.15) is 12.7 Å². The maximum atomic E-state index is 5.99. The van der Waals surface area contributed by atoms with E-state index in [1.807, 2.05) is 35.8 Å². The molecule has 84 valence electrons. The molecule has 1 aromatic carbocycles. The first-order valence-electron chi connectivity index (χ1n) is 5.00. The SMILES string of the molecule is CCc1nnc(Cl)n1-c1ccc(OC)cc1. The van der Waals surface area contributed by atoms with Crippen molar-refractivity contribution in [2.45, 2.75) is 13.3 Å². The van der Waals surface area contributed by atoms with Gasteiger partial charge < -0.3 is 4.74 Å². The van der Waals surface area contributed by atoms with Crippen LogP contribution < -0.4 is 4.74 Å². The third-order valence-corrected chi connectivity index (χ3v) is 2.58. The third-order valence-electron chi connectivity index (χ3n) is 2.34. The number of methoxy groups -OCH3 is 1. The standard InChI is InChI=1S/C11H12ClN3O/c1-3-10-13-14-11(12)15(10)8-4-6-9(16-2)7-5-8/h4-7H,3H2,1-2H3. The Morgan fingerprint density at radius 1 is 1.25 bits per heavy atom. The van der Waals surface area contributed by atoms with Gasteiger partial charge in [-0.3, -0.25) is 4.57 Å². The highest BCUT2D eigenvalue weighted by Crippen LogP contribution is 2.20. The molecule has 0 saturated heterocycles. The zero-order valence-electron chi connectivity index (χ0n) is 9.14. The van der Waals surface area contributed by atoms with Crippen molar-refractivity contribution in [3.8, 4) is 11.4 Å². The summed E-state index contributed by atoms with van der Waals surface area (Å²) in [4.78, 5) is 0. The van der Waals surface area contributed by atoms with E-state index in [0.29, 0.717) is 5.28 Å². The lowest BCUT2D eigenvalue weighted by Gasteiger charge is -2.07. The van der Waals surface area contributed by atoms with Crippen molar-refractivity contribution >= 4 is 11.6 Å². The van der Waals surface area contributed by atoms with Crippen LogP contribution >= 0.6 is 11.6 Å². The molecular weight excluding hydrogens is 226 g/mol. The minimum absolute atomic E-state index is 0.377. The Kier molecular flexibility index (Phi) is 3.10. The van der Waals surface area contributed by atoms with Gasteiger partial charge in [0.05, 0.1) is 12.8 Å². The van der Waals surface area contributed by atoms with E-state index in [1.54, 1.807) is 7.11 Å². The molecule has 0 aliphatic heterocycles. The Hall–Kier alpha value is -1.55. The molecule has 0 saturated carbocycles. The summed E-state index contributed by atoms with van der Waals surface area (Å²) in [5.74, 6) is 1.65. The predicted octanol–water partition coefficient (Wildman–Crippen LogP) is 2.49. The van der Waals surface area contributed by atoms with Crippen LogP contribution in [-0.2, 0) is 6.42 Å². The number of hydrogen-bond acceptors (Lipinski definition) is 3. The number of nitrogens with zero attached hydrogens (tertiary/aromatic N) is 3. The fourth-order valence-corrected chi connectivity index (χ4v) is 1.74. The topological polar surface area (TPSA) is 39.9 Å². The summed E-state index contributed by atoms with van der Waals surface area (Å²) in [6.45, 7) is 2.01. The van der Waals surface area contributed by atoms with Crippen LogP contribution in [0.2, 0.25) is 5.28 Å². The highest BCUT2D eigenvalue weighted by molar-refractivity contribution is 6.28. The molecule has 0 radical (unpaired) electrons. The molecule has 0 aliphatic carbocycles. The Balaban J connectivity index is 2.45. The van der Waals surface area contributed by atoms with Crippen LogP contribution in [0.25, 0.3) is 5.69 Å². The van der Waals surface area contributed by atoms with E-state index in [4.69, 9.17) is 16.3 Å². The van der Waals surface area contributed by atoms with Gasteiger partial charge >= 0.3 is 0 Å². The number of hydrogen-bond donors (Lipinski definition) is 0. The van der Waals surface area contributed by atoms with E-state index in [0.717, 1.165) is 23.7 Å². The smallest absolute Gasteiger partial charge is 0.229 e. The average Bonchev–Trinajstić information content (AvgIpc) is 2.70. The van der Waals surface area contributed by atoms with Crippen molar-refractivity contribution in [2.75, 3.05) is 7.11 Å². The first-order valence-corrected chi connectivity index (χ1v) is 5.38. The third kappa shape index (κ3) is 1.88. The molecule has 0 fully saturated rings. The van der Waals surface area contributed by atoms with Crippen LogP contribution in [0.5, 0.6) is 5.75 Å². The van der Waals surface area contributed by atoms with Crippen LogP contribution in [0.3, 0.4) is 0 Å². The predicted molar refractivity (Wildman–Crippen MR) is 62.3 cm³/mol. The molecular formula is C11H12ClN3O. The number of ether oxygens (including phenoxy) is 1. The van der Waals surface area contributed by atoms with Gasteiger partial charge in [0.2, 0.25) is 5.28 Å². The van der Waals surface area contributed by atoms with Gasteiger partial charge in [-0.1, -0.05) is 6.92 Å². The normalized spacial score (nSPS) is 10.4. The molecule has 2 aromatic rings. The summed E-state index contributed by atoms with van der Waals surface area (Å²) in [5.41, 5.74) is 0.938. The van der Waals surface area contributed by atoms with Crippen LogP contribution in [0.15, 0.2) is 24.3 Å². The Labute approximate surface area is 98.8 Å². The molecule has 16 heavy (non-hydrogen) atoms. The second kappa shape index (κ2) is 4.53. The van der Waals surface area contributed by atoms with Crippen LogP contribution in [-0.4, -0.2) is 21.9 Å². The molecule has 0 bridgehead atoms. The van der Waals surface area contributed by atoms with Gasteiger partial charge in [0.15, 0.2) is 0 Å². The Morgan fingerprint density at radius 3 is 2.50 bits per heavy atom. The average molecular weight is 238 g/mol. The lowest BCUT2D eigenvalue weighted by molar-refractivity contribution is 0.414. The van der Waals surface area contributed by atoms with E-state index in [2.05, 4.69) is 10.2 Å². The van der Waals surface area contributed by atoms with Crippen molar-refractivity contribution in [1.29, 1.82) is 0 Å². The minimum Gasteiger partial charge on any atom is -0.497 e. The fraction of sp³-hybridized carbons (Fsp3) is 0.273. The van der Waals surface area contributed by atoms with Crippen LogP contribution in [0.4, 0.5) is 0 Å². The lowest BCUT2D eigenvalue weighted by atomic mass is 10.3. The summed E-state index contributed by atoms with van der Waals surface area (Å²) in [6, 6.07) is 7.61. The van der Waals surface area contributed by atoms with E-state index in [9.17, 15) is 0 Å². The number of aromatic nitrogens is 3. The van der Waals surface area contributed by atoms with Gasteiger partial charge in [-0.15, -0.1) is 10.2 Å². The van der Waals surface area contributed by atoms with E-state index in [-0.39, 0.29) is 0 Å². The molecule has 1 aromatic heterocycles. The van der Waals surface area contributed by atoms with E-state index < -0.39 is 0 Å². The fourth-order valence-electron chi connectivity index (χ4n) is 1.51. The Bertz CT molecular complexity index is 478. The van der Waals surface area contributed by atoms with Crippen molar-refractivity contribution in [3.05, 3.63) is 35.4 Å². The largest absolute Gasteiger partial charge is 0.497 e. The van der Waals surface area contributed by atoms with Crippen molar-refractivity contribution in [1.82, 2.24) is 14.8 Å². The molecule has 0 aliphatic rings. The van der Waals surface area contributed by atoms with Crippen molar-refractivity contribution in [2.24, 2.45) is 0 Å². The zero-order chi connectivity index (χ0) is 11.5. The summed E-state index contributed by atoms with van der Waals surface area (Å²) in [6.07, 6.45) is 0.783. The number of benzene rings is 1. The lowest BCUT2D eigenvalue weighted by Crippen LogP contribution is -2.00. The summed E-state index contributed by atoms with van der Waals surface area (Å²) < 4.78 is 6.92. The maximum Gasteiger partial charge on any atom is 0.229 e. The van der Waals surface area contributed by atoms with Gasteiger partial charge in [-0.05, 0) is 35.9 Å². The number of rotatable bonds is 3. The van der Waals surface area contributed by atoms with Gasteiger partial charge in [0, 0.05) is 6.42 Å². The number of aryl methyl sites for hydroxylation is 1. The van der Waals surface area contributed by atoms with Crippen LogP contribution in [0, 0.1) is 0 Å². The second-order valence-electron chi connectivity index (χ2n) is 3.27. The van der Waals surface area contributed by atoms with Gasteiger partial charge in [0.1, 0.15) is 11.6 Å². The first kappa shape index (κ1) is 11.0. The maximum absolute atomic E-state index is 5.99. The molecule has 0 spiro atoms. The Morgan fingerprint density at radius 2 is 1.94 bits per heavy atom. The summed E-state index contributed by atoms with van der Waals surface area (Å²) in [5, 5.41) is 8.23.